The Bertz CT molecular complexity index is 1140. The smallest absolute Gasteiger partial charge is 0.290 e. The highest BCUT2D eigenvalue weighted by Gasteiger charge is 2.44. The van der Waals surface area contributed by atoms with E-state index in [-0.39, 0.29) is 17.9 Å². The zero-order chi connectivity index (χ0) is 22.0. The third-order valence-corrected chi connectivity index (χ3v) is 5.09. The van der Waals surface area contributed by atoms with E-state index in [2.05, 4.69) is 4.98 Å². The molecule has 1 amide bonds. The maximum atomic E-state index is 13.2. The van der Waals surface area contributed by atoms with E-state index in [1.807, 2.05) is 6.07 Å². The number of hydrogen-bond acceptors (Lipinski definition) is 7. The normalized spacial score (nSPS) is 16.0. The van der Waals surface area contributed by atoms with Crippen LogP contribution in [-0.4, -0.2) is 40.9 Å². The lowest BCUT2D eigenvalue weighted by Crippen LogP contribution is -2.30. The van der Waals surface area contributed by atoms with Crippen LogP contribution in [-0.2, 0) is 11.3 Å². The minimum Gasteiger partial charge on any atom is -0.503 e. The lowest BCUT2D eigenvalue weighted by molar-refractivity contribution is -0.130. The molecule has 0 fully saturated rings. The summed E-state index contributed by atoms with van der Waals surface area (Å²) in [5, 5.41) is 10.7. The first-order valence-electron chi connectivity index (χ1n) is 9.48. The summed E-state index contributed by atoms with van der Waals surface area (Å²) in [6, 6.07) is 10.9. The molecule has 31 heavy (non-hydrogen) atoms. The molecule has 1 aromatic carbocycles. The number of ether oxygens (including phenoxy) is 2. The van der Waals surface area contributed by atoms with Gasteiger partial charge in [0.25, 0.3) is 5.91 Å². The Hall–Kier alpha value is -4.07. The lowest BCUT2D eigenvalue weighted by atomic mass is 9.94. The highest BCUT2D eigenvalue weighted by molar-refractivity contribution is 6.15. The third-order valence-electron chi connectivity index (χ3n) is 5.09. The summed E-state index contributed by atoms with van der Waals surface area (Å²) in [5.41, 5.74) is 1.27. The topological polar surface area (TPSA) is 102 Å². The first kappa shape index (κ1) is 20.2. The molecule has 0 aliphatic carbocycles. The van der Waals surface area contributed by atoms with Crippen molar-refractivity contribution in [3.8, 4) is 11.5 Å². The molecule has 1 atom stereocenters. The van der Waals surface area contributed by atoms with Gasteiger partial charge >= 0.3 is 0 Å². The van der Waals surface area contributed by atoms with Gasteiger partial charge in [0.1, 0.15) is 0 Å². The van der Waals surface area contributed by atoms with Gasteiger partial charge < -0.3 is 23.9 Å². The monoisotopic (exact) mass is 420 g/mol. The van der Waals surface area contributed by atoms with Crippen molar-refractivity contribution in [3.63, 3.8) is 0 Å². The SMILES string of the molecule is COc1ccc([C@@H]2C(C(=O)c3ccco3)=C(O)C(=O)N2Cc2cccnc2)cc1OC. The fraction of sp³-hybridized carbons (Fsp3) is 0.174. The molecule has 8 nitrogen and oxygen atoms in total. The molecule has 8 heteroatoms. The summed E-state index contributed by atoms with van der Waals surface area (Å²) >= 11 is 0. The van der Waals surface area contributed by atoms with Gasteiger partial charge in [0.05, 0.1) is 32.1 Å². The second kappa shape index (κ2) is 8.35. The molecule has 2 aromatic heterocycles. The molecule has 0 saturated carbocycles. The highest BCUT2D eigenvalue weighted by Crippen LogP contribution is 2.42. The third kappa shape index (κ3) is 3.63. The van der Waals surface area contributed by atoms with Crippen LogP contribution < -0.4 is 9.47 Å². The van der Waals surface area contributed by atoms with Crippen molar-refractivity contribution < 1.29 is 28.6 Å². The molecule has 0 unspecified atom stereocenters. The number of aliphatic hydroxyl groups excluding tert-OH is 1. The van der Waals surface area contributed by atoms with E-state index in [0.29, 0.717) is 17.1 Å². The number of rotatable bonds is 7. The Kier molecular flexibility index (Phi) is 5.44. The van der Waals surface area contributed by atoms with Crippen LogP contribution in [0.2, 0.25) is 0 Å². The number of furan rings is 1. The average Bonchev–Trinajstić information content (AvgIpc) is 3.42. The number of carbonyl (C=O) groups excluding carboxylic acids is 2. The summed E-state index contributed by atoms with van der Waals surface area (Å²) in [7, 11) is 3.01. The minimum atomic E-state index is -0.856. The molecular formula is C23H20N2O6. The summed E-state index contributed by atoms with van der Waals surface area (Å²) in [4.78, 5) is 31.7. The molecule has 0 saturated heterocycles. The maximum absolute atomic E-state index is 13.2. The summed E-state index contributed by atoms with van der Waals surface area (Å²) in [6.07, 6.45) is 4.62. The van der Waals surface area contributed by atoms with Gasteiger partial charge in [-0.2, -0.15) is 0 Å². The molecule has 158 valence electrons. The first-order valence-corrected chi connectivity index (χ1v) is 9.48. The van der Waals surface area contributed by atoms with E-state index in [0.717, 1.165) is 5.56 Å². The summed E-state index contributed by atoms with van der Waals surface area (Å²) in [6.45, 7) is 0.144. The summed E-state index contributed by atoms with van der Waals surface area (Å²) < 4.78 is 15.9. The molecule has 0 bridgehead atoms. The van der Waals surface area contributed by atoms with Crippen LogP contribution in [0.3, 0.4) is 0 Å². The molecule has 3 aromatic rings. The van der Waals surface area contributed by atoms with Gasteiger partial charge in [-0.15, -0.1) is 0 Å². The van der Waals surface area contributed by atoms with E-state index in [1.54, 1.807) is 42.7 Å². The van der Waals surface area contributed by atoms with Crippen LogP contribution in [0.1, 0.15) is 27.7 Å². The minimum absolute atomic E-state index is 0.0306. The van der Waals surface area contributed by atoms with Crippen molar-refractivity contribution in [2.24, 2.45) is 0 Å². The van der Waals surface area contributed by atoms with Crippen LogP contribution in [0.25, 0.3) is 0 Å². The number of nitrogens with zero attached hydrogens (tertiary/aromatic N) is 2. The van der Waals surface area contributed by atoms with E-state index in [4.69, 9.17) is 13.9 Å². The van der Waals surface area contributed by atoms with Crippen molar-refractivity contribution in [1.29, 1.82) is 0 Å². The number of ketones is 1. The molecular weight excluding hydrogens is 400 g/mol. The van der Waals surface area contributed by atoms with Crippen molar-refractivity contribution in [1.82, 2.24) is 9.88 Å². The predicted molar refractivity (Wildman–Crippen MR) is 110 cm³/mol. The average molecular weight is 420 g/mol. The first-order chi connectivity index (χ1) is 15.0. The van der Waals surface area contributed by atoms with E-state index >= 15 is 0 Å². The Morgan fingerprint density at radius 3 is 2.61 bits per heavy atom. The Morgan fingerprint density at radius 2 is 1.97 bits per heavy atom. The van der Waals surface area contributed by atoms with E-state index in [9.17, 15) is 14.7 Å². The molecule has 1 aliphatic heterocycles. The molecule has 1 aliphatic rings. The number of carbonyl (C=O) groups is 2. The fourth-order valence-corrected chi connectivity index (χ4v) is 3.65. The quantitative estimate of drug-likeness (QED) is 0.584. The number of methoxy groups -OCH3 is 2. The zero-order valence-corrected chi connectivity index (χ0v) is 16.9. The van der Waals surface area contributed by atoms with Crippen LogP contribution in [0.5, 0.6) is 11.5 Å². The second-order valence-electron chi connectivity index (χ2n) is 6.88. The standard InChI is InChI=1S/C23H20N2O6/c1-29-16-8-7-15(11-18(16)30-2)20-19(21(26)17-6-4-10-31-17)22(27)23(28)25(20)13-14-5-3-9-24-12-14/h3-12,20,27H,13H2,1-2H3/t20-/m1/s1. The van der Waals surface area contributed by atoms with Crippen molar-refractivity contribution in [2.75, 3.05) is 14.2 Å². The van der Waals surface area contributed by atoms with Gasteiger partial charge in [-0.3, -0.25) is 14.6 Å². The number of pyridine rings is 1. The van der Waals surface area contributed by atoms with Crippen LogP contribution >= 0.6 is 0 Å². The maximum Gasteiger partial charge on any atom is 0.290 e. The number of aromatic nitrogens is 1. The van der Waals surface area contributed by atoms with Gasteiger partial charge in [-0.25, -0.2) is 0 Å². The van der Waals surface area contributed by atoms with Crippen molar-refractivity contribution >= 4 is 11.7 Å². The fourth-order valence-electron chi connectivity index (χ4n) is 3.65. The highest BCUT2D eigenvalue weighted by atomic mass is 16.5. The Labute approximate surface area is 178 Å². The molecule has 0 spiro atoms. The predicted octanol–water partition coefficient (Wildman–Crippen LogP) is 3.47. The van der Waals surface area contributed by atoms with Crippen LogP contribution in [0, 0.1) is 0 Å². The number of benzene rings is 1. The lowest BCUT2D eigenvalue weighted by Gasteiger charge is -2.27. The van der Waals surface area contributed by atoms with Crippen LogP contribution in [0.4, 0.5) is 0 Å². The molecule has 3 heterocycles. The number of Topliss-reactive ketones (excluding diaryl/α,β-unsaturated/α-hetero) is 1. The van der Waals surface area contributed by atoms with Crippen LogP contribution in [0.15, 0.2) is 76.9 Å². The van der Waals surface area contributed by atoms with Crippen molar-refractivity contribution in [3.05, 3.63) is 89.3 Å². The van der Waals surface area contributed by atoms with Gasteiger partial charge in [0, 0.05) is 18.9 Å². The Balaban J connectivity index is 1.83. The largest absolute Gasteiger partial charge is 0.503 e. The van der Waals surface area contributed by atoms with E-state index in [1.165, 1.54) is 31.4 Å². The van der Waals surface area contributed by atoms with Gasteiger partial charge in [0.15, 0.2) is 23.0 Å². The molecule has 4 rings (SSSR count). The number of amides is 1. The molecule has 0 radical (unpaired) electrons. The number of hydrogen-bond donors (Lipinski definition) is 1. The second-order valence-corrected chi connectivity index (χ2v) is 6.88. The van der Waals surface area contributed by atoms with Gasteiger partial charge in [-0.1, -0.05) is 12.1 Å². The van der Waals surface area contributed by atoms with Gasteiger partial charge in [0.2, 0.25) is 5.78 Å². The van der Waals surface area contributed by atoms with Gasteiger partial charge in [-0.05, 0) is 41.5 Å². The molecule has 1 N–H and O–H groups in total. The van der Waals surface area contributed by atoms with E-state index < -0.39 is 23.5 Å². The summed E-state index contributed by atoms with van der Waals surface area (Å²) in [5.74, 6) is -0.859. The van der Waals surface area contributed by atoms with Crippen molar-refractivity contribution in [2.45, 2.75) is 12.6 Å². The number of aliphatic hydroxyl groups is 1. The zero-order valence-electron chi connectivity index (χ0n) is 16.9. The Morgan fingerprint density at radius 1 is 1.16 bits per heavy atom.